The molecule has 0 aliphatic carbocycles. The van der Waals surface area contributed by atoms with E-state index in [4.69, 9.17) is 10.5 Å². The van der Waals surface area contributed by atoms with Gasteiger partial charge in [-0.15, -0.1) is 0 Å². The average molecular weight is 271 g/mol. The van der Waals surface area contributed by atoms with Crippen molar-refractivity contribution in [2.75, 3.05) is 46.9 Å². The summed E-state index contributed by atoms with van der Waals surface area (Å²) in [7, 11) is 3.23. The minimum atomic E-state index is -0.133. The second kappa shape index (κ2) is 8.12. The second-order valence-electron chi connectivity index (χ2n) is 5.03. The Hall–Kier alpha value is -1.14. The number of esters is 1. The first-order valence-electron chi connectivity index (χ1n) is 6.82. The highest BCUT2D eigenvalue weighted by Crippen LogP contribution is 2.18. The lowest BCUT2D eigenvalue weighted by Gasteiger charge is -2.31. The summed E-state index contributed by atoms with van der Waals surface area (Å²) in [5.74, 6) is -0.0256. The lowest BCUT2D eigenvalue weighted by Crippen LogP contribution is -2.43. The number of piperidine rings is 1. The van der Waals surface area contributed by atoms with E-state index in [-0.39, 0.29) is 17.8 Å². The van der Waals surface area contributed by atoms with Crippen molar-refractivity contribution in [3.63, 3.8) is 0 Å². The lowest BCUT2D eigenvalue weighted by molar-refractivity contribution is -0.147. The minimum Gasteiger partial charge on any atom is -0.469 e. The summed E-state index contributed by atoms with van der Waals surface area (Å²) in [5, 5.41) is 0. The van der Waals surface area contributed by atoms with Crippen LogP contribution < -0.4 is 5.73 Å². The molecule has 1 aliphatic heterocycles. The molecule has 6 heteroatoms. The van der Waals surface area contributed by atoms with Crippen molar-refractivity contribution in [1.82, 2.24) is 9.80 Å². The lowest BCUT2D eigenvalue weighted by atomic mass is 9.97. The Kier molecular flexibility index (Phi) is 6.80. The van der Waals surface area contributed by atoms with Crippen molar-refractivity contribution in [2.45, 2.75) is 19.3 Å². The molecule has 1 saturated heterocycles. The second-order valence-corrected chi connectivity index (χ2v) is 5.03. The van der Waals surface area contributed by atoms with E-state index in [0.717, 1.165) is 32.4 Å². The molecule has 1 aliphatic rings. The van der Waals surface area contributed by atoms with Crippen LogP contribution in [0.5, 0.6) is 0 Å². The predicted molar refractivity (Wildman–Crippen MR) is 72.5 cm³/mol. The Labute approximate surface area is 114 Å². The standard InChI is InChI=1S/C13H25N3O3/c1-15(7-3-6-14)12(17)10-16-8-4-11(5-9-16)13(18)19-2/h11H,3-10,14H2,1-2H3. The first kappa shape index (κ1) is 15.9. The zero-order valence-corrected chi connectivity index (χ0v) is 11.9. The molecule has 110 valence electrons. The van der Waals surface area contributed by atoms with Crippen LogP contribution in [0.4, 0.5) is 0 Å². The molecule has 19 heavy (non-hydrogen) atoms. The highest BCUT2D eigenvalue weighted by molar-refractivity contribution is 5.78. The van der Waals surface area contributed by atoms with E-state index in [9.17, 15) is 9.59 Å². The van der Waals surface area contributed by atoms with Crippen molar-refractivity contribution in [3.05, 3.63) is 0 Å². The van der Waals surface area contributed by atoms with Gasteiger partial charge < -0.3 is 15.4 Å². The molecule has 0 unspecified atom stereocenters. The van der Waals surface area contributed by atoms with Gasteiger partial charge in [0.05, 0.1) is 19.6 Å². The fraction of sp³-hybridized carbons (Fsp3) is 0.846. The van der Waals surface area contributed by atoms with Gasteiger partial charge in [-0.1, -0.05) is 0 Å². The number of likely N-dealkylation sites (N-methyl/N-ethyl adjacent to an activating group) is 1. The summed E-state index contributed by atoms with van der Waals surface area (Å²) < 4.78 is 4.74. The molecule has 1 fully saturated rings. The van der Waals surface area contributed by atoms with E-state index in [1.165, 1.54) is 7.11 Å². The summed E-state index contributed by atoms with van der Waals surface area (Å²) in [6, 6.07) is 0. The molecular formula is C13H25N3O3. The van der Waals surface area contributed by atoms with Gasteiger partial charge in [0.1, 0.15) is 0 Å². The number of hydrogen-bond donors (Lipinski definition) is 1. The van der Waals surface area contributed by atoms with Crippen LogP contribution in [0.3, 0.4) is 0 Å². The van der Waals surface area contributed by atoms with Gasteiger partial charge in [0.25, 0.3) is 0 Å². The van der Waals surface area contributed by atoms with Crippen molar-refractivity contribution < 1.29 is 14.3 Å². The Morgan fingerprint density at radius 1 is 1.37 bits per heavy atom. The van der Waals surface area contributed by atoms with Crippen LogP contribution in [-0.2, 0) is 14.3 Å². The predicted octanol–water partition coefficient (Wildman–Crippen LogP) is -0.321. The van der Waals surface area contributed by atoms with Gasteiger partial charge in [-0.05, 0) is 38.9 Å². The van der Waals surface area contributed by atoms with Gasteiger partial charge in [0.15, 0.2) is 0 Å². The number of nitrogens with two attached hydrogens (primary N) is 1. The third kappa shape index (κ3) is 5.16. The first-order valence-corrected chi connectivity index (χ1v) is 6.82. The molecule has 0 bridgehead atoms. The van der Waals surface area contributed by atoms with Gasteiger partial charge in [0, 0.05) is 13.6 Å². The highest BCUT2D eigenvalue weighted by Gasteiger charge is 2.26. The molecule has 0 spiro atoms. The van der Waals surface area contributed by atoms with Crippen molar-refractivity contribution in [3.8, 4) is 0 Å². The maximum Gasteiger partial charge on any atom is 0.308 e. The molecule has 6 nitrogen and oxygen atoms in total. The molecule has 0 aromatic carbocycles. The van der Waals surface area contributed by atoms with E-state index in [1.54, 1.807) is 11.9 Å². The van der Waals surface area contributed by atoms with E-state index in [1.807, 2.05) is 0 Å². The van der Waals surface area contributed by atoms with Gasteiger partial charge in [-0.2, -0.15) is 0 Å². The van der Waals surface area contributed by atoms with Crippen LogP contribution in [-0.4, -0.2) is 68.6 Å². The number of carbonyl (C=O) groups excluding carboxylic acids is 2. The van der Waals surface area contributed by atoms with E-state index in [0.29, 0.717) is 19.6 Å². The van der Waals surface area contributed by atoms with Gasteiger partial charge in [0.2, 0.25) is 5.91 Å². The third-order valence-electron chi connectivity index (χ3n) is 3.60. The topological polar surface area (TPSA) is 75.9 Å². The Bertz CT molecular complexity index is 302. The van der Waals surface area contributed by atoms with Crippen LogP contribution in [0.25, 0.3) is 0 Å². The molecule has 1 amide bonds. The zero-order chi connectivity index (χ0) is 14.3. The summed E-state index contributed by atoms with van der Waals surface area (Å²) in [6.45, 7) is 3.28. The highest BCUT2D eigenvalue weighted by atomic mass is 16.5. The number of likely N-dealkylation sites (tertiary alicyclic amines) is 1. The molecule has 0 aromatic heterocycles. The number of nitrogens with zero attached hydrogens (tertiary/aromatic N) is 2. The summed E-state index contributed by atoms with van der Waals surface area (Å²) in [5.41, 5.74) is 5.43. The Morgan fingerprint density at radius 3 is 2.53 bits per heavy atom. The van der Waals surface area contributed by atoms with E-state index >= 15 is 0 Å². The van der Waals surface area contributed by atoms with E-state index < -0.39 is 0 Å². The first-order chi connectivity index (χ1) is 9.08. The Balaban J connectivity index is 2.28. The molecule has 0 saturated carbocycles. The molecule has 0 aromatic rings. The Morgan fingerprint density at radius 2 is 2.00 bits per heavy atom. The third-order valence-corrected chi connectivity index (χ3v) is 3.60. The summed E-state index contributed by atoms with van der Waals surface area (Å²) >= 11 is 0. The molecule has 0 atom stereocenters. The fourth-order valence-electron chi connectivity index (χ4n) is 2.26. The summed E-state index contributed by atoms with van der Waals surface area (Å²) in [4.78, 5) is 27.2. The molecule has 0 radical (unpaired) electrons. The van der Waals surface area contributed by atoms with E-state index in [2.05, 4.69) is 4.90 Å². The number of ether oxygens (including phenoxy) is 1. The van der Waals surface area contributed by atoms with Crippen LogP contribution in [0, 0.1) is 5.92 Å². The normalized spacial score (nSPS) is 17.2. The quantitative estimate of drug-likeness (QED) is 0.670. The smallest absolute Gasteiger partial charge is 0.308 e. The van der Waals surface area contributed by atoms with Crippen LogP contribution in [0.15, 0.2) is 0 Å². The molecule has 2 N–H and O–H groups in total. The van der Waals surface area contributed by atoms with Crippen LogP contribution in [0.1, 0.15) is 19.3 Å². The molecular weight excluding hydrogens is 246 g/mol. The molecule has 1 heterocycles. The number of carbonyl (C=O) groups is 2. The minimum absolute atomic E-state index is 0.00804. The SMILES string of the molecule is COC(=O)C1CCN(CC(=O)N(C)CCCN)CC1. The number of methoxy groups -OCH3 is 1. The maximum absolute atomic E-state index is 11.9. The number of rotatable bonds is 6. The monoisotopic (exact) mass is 271 g/mol. The van der Waals surface area contributed by atoms with Crippen molar-refractivity contribution >= 4 is 11.9 Å². The zero-order valence-electron chi connectivity index (χ0n) is 11.9. The maximum atomic E-state index is 11.9. The van der Waals surface area contributed by atoms with Crippen molar-refractivity contribution in [1.29, 1.82) is 0 Å². The fourth-order valence-corrected chi connectivity index (χ4v) is 2.26. The van der Waals surface area contributed by atoms with Crippen LogP contribution >= 0.6 is 0 Å². The van der Waals surface area contributed by atoms with Gasteiger partial charge >= 0.3 is 5.97 Å². The summed E-state index contributed by atoms with van der Waals surface area (Å²) in [6.07, 6.45) is 2.37. The largest absolute Gasteiger partial charge is 0.469 e. The van der Waals surface area contributed by atoms with Gasteiger partial charge in [-0.25, -0.2) is 0 Å². The molecule has 1 rings (SSSR count). The number of amides is 1. The van der Waals surface area contributed by atoms with Crippen molar-refractivity contribution in [2.24, 2.45) is 11.7 Å². The average Bonchev–Trinajstić information content (AvgIpc) is 2.44. The van der Waals surface area contributed by atoms with Crippen LogP contribution in [0.2, 0.25) is 0 Å². The number of hydrogen-bond acceptors (Lipinski definition) is 5. The van der Waals surface area contributed by atoms with Gasteiger partial charge in [-0.3, -0.25) is 14.5 Å².